The molecule has 72 heavy (non-hydrogen) atoms. The van der Waals surface area contributed by atoms with Crippen LogP contribution in [-0.2, 0) is 25.6 Å². The number of carbonyl (C=O) groups excluding carboxylic acids is 4. The first-order chi connectivity index (χ1) is 34.3. The highest BCUT2D eigenvalue weighted by Crippen LogP contribution is 2.41. The molecule has 1 saturated heterocycles. The molecule has 3 aliphatic rings. The Kier molecular flexibility index (Phi) is 14.4. The number of likely N-dealkylation sites (tertiary alicyclic amines) is 1. The molecule has 0 spiro atoms. The van der Waals surface area contributed by atoms with E-state index < -0.39 is 35.6 Å². The number of nitrogens with zero attached hydrogens (tertiary/aromatic N) is 6. The lowest BCUT2D eigenvalue weighted by Gasteiger charge is -2.35. The maximum absolute atomic E-state index is 14.3. The number of rotatable bonds is 15. The molecule has 6 aromatic rings. The van der Waals surface area contributed by atoms with Gasteiger partial charge in [-0.05, 0) is 99.7 Å². The second kappa shape index (κ2) is 20.6. The number of β-amino-alcohol motifs (C(OH)–C–C–N with tert-alkyl or cyclic N) is 1. The summed E-state index contributed by atoms with van der Waals surface area (Å²) < 4.78 is 13.9. The van der Waals surface area contributed by atoms with E-state index >= 15 is 0 Å². The Morgan fingerprint density at radius 2 is 1.60 bits per heavy atom. The number of thiophene rings is 1. The molecule has 3 aromatic heterocycles. The minimum atomic E-state index is -0.963. The Labute approximate surface area is 428 Å². The van der Waals surface area contributed by atoms with E-state index in [9.17, 15) is 24.3 Å². The summed E-state index contributed by atoms with van der Waals surface area (Å²) in [5.41, 5.74) is 6.43. The molecule has 1 aliphatic carbocycles. The van der Waals surface area contributed by atoms with Gasteiger partial charge in [0.05, 0.1) is 36.1 Å². The highest BCUT2D eigenvalue weighted by atomic mass is 35.5. The number of carbonyl (C=O) groups is 4. The van der Waals surface area contributed by atoms with Crippen LogP contribution in [0.4, 0.5) is 0 Å². The van der Waals surface area contributed by atoms with Crippen molar-refractivity contribution < 1.29 is 33.4 Å². The van der Waals surface area contributed by atoms with E-state index in [1.807, 2.05) is 114 Å². The van der Waals surface area contributed by atoms with Crippen molar-refractivity contribution in [2.24, 2.45) is 16.3 Å². The lowest BCUT2D eigenvalue weighted by molar-refractivity contribution is -0.144. The third-order valence-electron chi connectivity index (χ3n) is 14.1. The number of aliphatic hydroxyl groups excluding tert-OH is 1. The van der Waals surface area contributed by atoms with Crippen molar-refractivity contribution in [3.63, 3.8) is 0 Å². The average Bonchev–Trinajstić information content (AvgIpc) is 4.10. The van der Waals surface area contributed by atoms with Crippen molar-refractivity contribution in [3.8, 4) is 22.1 Å². The Balaban J connectivity index is 0.768. The number of aromatic nitrogens is 4. The van der Waals surface area contributed by atoms with Crippen LogP contribution >= 0.6 is 22.9 Å². The monoisotopic (exact) mass is 1010 g/mol. The van der Waals surface area contributed by atoms with E-state index in [4.69, 9.17) is 25.7 Å². The Hall–Kier alpha value is -6.49. The normalized spacial score (nSPS) is 20.3. The molecule has 15 nitrogen and oxygen atoms in total. The predicted octanol–water partition coefficient (Wildman–Crippen LogP) is 8.88. The van der Waals surface area contributed by atoms with E-state index in [1.165, 1.54) is 16.2 Å². The molecule has 2 fully saturated rings. The molecule has 3 amide bonds. The number of oxazole rings is 1. The fourth-order valence-corrected chi connectivity index (χ4v) is 11.3. The molecule has 3 aromatic carbocycles. The molecule has 0 radical (unpaired) electrons. The van der Waals surface area contributed by atoms with Crippen LogP contribution in [0.1, 0.15) is 122 Å². The zero-order valence-electron chi connectivity index (χ0n) is 41.9. The molecule has 0 unspecified atom stereocenters. The van der Waals surface area contributed by atoms with Crippen molar-refractivity contribution in [1.29, 1.82) is 0 Å². The van der Waals surface area contributed by atoms with Crippen molar-refractivity contribution in [2.45, 2.75) is 130 Å². The summed E-state index contributed by atoms with van der Waals surface area (Å²) >= 11 is 7.96. The number of ether oxygens (including phenoxy) is 1. The summed E-state index contributed by atoms with van der Waals surface area (Å²) in [5.74, 6) is 1.87. The largest absolute Gasteiger partial charge is 0.490 e. The van der Waals surface area contributed by atoms with Crippen molar-refractivity contribution in [3.05, 3.63) is 134 Å². The fraction of sp³-hybridized carbons (Fsp3) is 0.418. The van der Waals surface area contributed by atoms with Crippen LogP contribution in [0.5, 0.6) is 5.75 Å². The van der Waals surface area contributed by atoms with Gasteiger partial charge in [-0.3, -0.25) is 28.7 Å². The van der Waals surface area contributed by atoms with Crippen molar-refractivity contribution >= 4 is 52.2 Å². The topological polar surface area (TPSA) is 194 Å². The second-order valence-corrected chi connectivity index (χ2v) is 22.3. The number of Topliss-reactive ketones (excluding diaryl/α,β-unsaturated/α-hetero) is 1. The standard InChI is InChI=1S/C55H61ClN8O7S/c1-29-32(4)72-54-47(29)48(37-15-17-39(56)18-16-37)59-44(51-62-61-33(5)64(51)54)25-40(65)21-35-22-43(23-35)71-42-19-9-34(10-20-42)24-46(67)60-50(55(6,7)8)53(69)63-27-41(66)26-45(63)52(68)58-30(2)36-11-13-38(14-12-36)49-31(3)57-28-70-49/h9-20,28,30,35,41,43-45,50,66H,21-27H2,1-8H3,(H,58,68)(H,60,67)/t30-,35?,41+,43?,44-,45-,50+/m0/s1. The zero-order chi connectivity index (χ0) is 51.2. The summed E-state index contributed by atoms with van der Waals surface area (Å²) in [6.45, 7) is 15.4. The predicted molar refractivity (Wildman–Crippen MR) is 276 cm³/mol. The van der Waals surface area contributed by atoms with E-state index in [1.54, 1.807) is 11.3 Å². The first kappa shape index (κ1) is 50.5. The Morgan fingerprint density at radius 1 is 0.903 bits per heavy atom. The number of aryl methyl sites for hydroxylation is 3. The van der Waals surface area contributed by atoms with Crippen LogP contribution in [-0.4, -0.2) is 89.8 Å². The minimum absolute atomic E-state index is 0.0161. The molecule has 1 saturated carbocycles. The number of amides is 3. The van der Waals surface area contributed by atoms with E-state index in [0.717, 1.165) is 68.5 Å². The Morgan fingerprint density at radius 3 is 2.26 bits per heavy atom. The van der Waals surface area contributed by atoms with E-state index in [0.29, 0.717) is 28.8 Å². The van der Waals surface area contributed by atoms with Gasteiger partial charge in [0.25, 0.3) is 0 Å². The van der Waals surface area contributed by atoms with Gasteiger partial charge in [-0.25, -0.2) is 4.98 Å². The van der Waals surface area contributed by atoms with Crippen molar-refractivity contribution in [2.75, 3.05) is 6.54 Å². The number of ketones is 1. The molecule has 17 heteroatoms. The highest BCUT2D eigenvalue weighted by molar-refractivity contribution is 7.15. The summed E-state index contributed by atoms with van der Waals surface area (Å²) in [6.07, 6.45) is 2.65. The summed E-state index contributed by atoms with van der Waals surface area (Å²) in [6, 6.07) is 19.8. The van der Waals surface area contributed by atoms with Gasteiger partial charge in [0, 0.05) is 52.4 Å². The van der Waals surface area contributed by atoms with Crippen LogP contribution in [0.2, 0.25) is 5.02 Å². The molecule has 3 N–H and O–H groups in total. The van der Waals surface area contributed by atoms with Crippen LogP contribution in [0.15, 0.2) is 88.6 Å². The molecule has 5 atom stereocenters. The third-order valence-corrected chi connectivity index (χ3v) is 15.6. The maximum Gasteiger partial charge on any atom is 0.246 e. The van der Waals surface area contributed by atoms with Crippen LogP contribution in [0.25, 0.3) is 16.3 Å². The lowest BCUT2D eigenvalue weighted by Crippen LogP contribution is -2.58. The number of aliphatic imine (C=N–C) groups is 1. The number of fused-ring (bicyclic) bond motifs is 3. The second-order valence-electron chi connectivity index (χ2n) is 20.6. The van der Waals surface area contributed by atoms with Gasteiger partial charge in [-0.1, -0.05) is 80.9 Å². The molecule has 5 heterocycles. The first-order valence-corrected chi connectivity index (χ1v) is 25.7. The molecule has 2 aliphatic heterocycles. The molecule has 376 valence electrons. The molecular formula is C55H61ClN8O7S. The SMILES string of the molecule is Cc1ncoc1-c1ccc([C@H](C)NC(=O)[C@@H]2C[C@@H](O)CN2C(=O)[C@@H](NC(=O)Cc2ccc(OC3CC(CC(=O)C[C@@H]4N=C(c5ccc(Cl)cc5)c5c(sc(C)c5C)-n5c(C)nnc54)C3)cc2)C(C)(C)C)cc1. The quantitative estimate of drug-likeness (QED) is 0.0895. The van der Waals surface area contributed by atoms with Gasteiger partial charge < -0.3 is 29.8 Å². The number of nitrogens with one attached hydrogen (secondary N) is 2. The number of halogens is 1. The summed E-state index contributed by atoms with van der Waals surface area (Å²) in [4.78, 5) is 67.4. The van der Waals surface area contributed by atoms with Gasteiger partial charge in [-0.2, -0.15) is 0 Å². The van der Waals surface area contributed by atoms with Gasteiger partial charge in [0.2, 0.25) is 17.7 Å². The van der Waals surface area contributed by atoms with Crippen LogP contribution < -0.4 is 15.4 Å². The molecule has 0 bridgehead atoms. The zero-order valence-corrected chi connectivity index (χ0v) is 43.4. The number of aliphatic hydroxyl groups is 1. The van der Waals surface area contributed by atoms with Gasteiger partial charge in [0.1, 0.15) is 40.5 Å². The van der Waals surface area contributed by atoms with Gasteiger partial charge in [-0.15, -0.1) is 21.5 Å². The number of benzene rings is 3. The summed E-state index contributed by atoms with van der Waals surface area (Å²) in [7, 11) is 0. The summed E-state index contributed by atoms with van der Waals surface area (Å²) in [5, 5.41) is 27.3. The third kappa shape index (κ3) is 10.7. The first-order valence-electron chi connectivity index (χ1n) is 24.5. The fourth-order valence-electron chi connectivity index (χ4n) is 9.98. The number of hydrogen-bond acceptors (Lipinski definition) is 12. The van der Waals surface area contributed by atoms with E-state index in [-0.39, 0.29) is 61.5 Å². The van der Waals surface area contributed by atoms with Gasteiger partial charge in [0.15, 0.2) is 18.0 Å². The van der Waals surface area contributed by atoms with Crippen LogP contribution in [0.3, 0.4) is 0 Å². The maximum atomic E-state index is 14.3. The lowest BCUT2D eigenvalue weighted by atomic mass is 9.78. The van der Waals surface area contributed by atoms with Crippen LogP contribution in [0, 0.1) is 39.0 Å². The highest BCUT2D eigenvalue weighted by Gasteiger charge is 2.45. The molecular weight excluding hydrogens is 952 g/mol. The van der Waals surface area contributed by atoms with Gasteiger partial charge >= 0.3 is 0 Å². The Bertz CT molecular complexity index is 3020. The minimum Gasteiger partial charge on any atom is -0.490 e. The smallest absolute Gasteiger partial charge is 0.246 e. The number of hydrogen-bond donors (Lipinski definition) is 3. The average molecular weight is 1010 g/mol. The van der Waals surface area contributed by atoms with Crippen molar-refractivity contribution in [1.82, 2.24) is 35.3 Å². The molecule has 9 rings (SSSR count). The van der Waals surface area contributed by atoms with E-state index in [2.05, 4.69) is 44.2 Å².